The Bertz CT molecular complexity index is 437. The van der Waals surface area contributed by atoms with Crippen LogP contribution in [0.15, 0.2) is 18.2 Å². The molecule has 0 saturated carbocycles. The van der Waals surface area contributed by atoms with Crippen molar-refractivity contribution in [3.8, 4) is 6.07 Å². The molecule has 16 heavy (non-hydrogen) atoms. The maximum Gasteiger partial charge on any atom is 0.238 e. The SMILES string of the molecule is CN(C)CC(=O)Nc1ccc(F)cc1C#N. The maximum absolute atomic E-state index is 12.8. The molecule has 1 rings (SSSR count). The monoisotopic (exact) mass is 221 g/mol. The van der Waals surface area contributed by atoms with Gasteiger partial charge in [-0.2, -0.15) is 5.26 Å². The molecular weight excluding hydrogens is 209 g/mol. The third-order valence-electron chi connectivity index (χ3n) is 1.84. The van der Waals surface area contributed by atoms with E-state index in [0.29, 0.717) is 5.69 Å². The molecule has 0 saturated heterocycles. The fraction of sp³-hybridized carbons (Fsp3) is 0.273. The molecule has 1 N–H and O–H groups in total. The van der Waals surface area contributed by atoms with Crippen molar-refractivity contribution in [1.82, 2.24) is 4.90 Å². The van der Waals surface area contributed by atoms with Gasteiger partial charge in [0, 0.05) is 0 Å². The first kappa shape index (κ1) is 12.1. The summed E-state index contributed by atoms with van der Waals surface area (Å²) in [6.45, 7) is 0.211. The quantitative estimate of drug-likeness (QED) is 0.834. The number of nitrogens with zero attached hydrogens (tertiary/aromatic N) is 2. The van der Waals surface area contributed by atoms with Crippen LogP contribution >= 0.6 is 0 Å². The second-order valence-corrected chi connectivity index (χ2v) is 3.59. The largest absolute Gasteiger partial charge is 0.324 e. The van der Waals surface area contributed by atoms with Gasteiger partial charge >= 0.3 is 0 Å². The lowest BCUT2D eigenvalue weighted by Gasteiger charge is -2.10. The minimum absolute atomic E-state index is 0.118. The molecule has 0 atom stereocenters. The summed E-state index contributed by atoms with van der Waals surface area (Å²) >= 11 is 0. The van der Waals surface area contributed by atoms with Gasteiger partial charge in [-0.1, -0.05) is 0 Å². The van der Waals surface area contributed by atoms with Crippen LogP contribution in [0.3, 0.4) is 0 Å². The van der Waals surface area contributed by atoms with Crippen LogP contribution in [-0.2, 0) is 4.79 Å². The zero-order valence-electron chi connectivity index (χ0n) is 9.12. The van der Waals surface area contributed by atoms with Gasteiger partial charge in [0.05, 0.1) is 17.8 Å². The van der Waals surface area contributed by atoms with Crippen LogP contribution < -0.4 is 5.32 Å². The van der Waals surface area contributed by atoms with Crippen molar-refractivity contribution in [1.29, 1.82) is 5.26 Å². The highest BCUT2D eigenvalue weighted by Crippen LogP contribution is 2.15. The Labute approximate surface area is 93.3 Å². The molecule has 5 heteroatoms. The molecule has 0 fully saturated rings. The van der Waals surface area contributed by atoms with Gasteiger partial charge in [0.15, 0.2) is 0 Å². The highest BCUT2D eigenvalue weighted by Gasteiger charge is 2.08. The standard InChI is InChI=1S/C11H12FN3O/c1-15(2)7-11(16)14-10-4-3-9(12)5-8(10)6-13/h3-5H,7H2,1-2H3,(H,14,16). The fourth-order valence-corrected chi connectivity index (χ4v) is 1.19. The summed E-state index contributed by atoms with van der Waals surface area (Å²) in [5, 5.41) is 11.3. The van der Waals surface area contributed by atoms with E-state index in [1.165, 1.54) is 12.1 Å². The highest BCUT2D eigenvalue weighted by atomic mass is 19.1. The van der Waals surface area contributed by atoms with Gasteiger partial charge in [-0.05, 0) is 32.3 Å². The Morgan fingerprint density at radius 2 is 2.25 bits per heavy atom. The van der Waals surface area contributed by atoms with Crippen molar-refractivity contribution in [2.24, 2.45) is 0 Å². The first-order chi connectivity index (χ1) is 7.52. The van der Waals surface area contributed by atoms with Crippen molar-refractivity contribution in [3.63, 3.8) is 0 Å². The number of halogens is 1. The summed E-state index contributed by atoms with van der Waals surface area (Å²) < 4.78 is 12.8. The Morgan fingerprint density at radius 1 is 1.56 bits per heavy atom. The van der Waals surface area contributed by atoms with Crippen LogP contribution in [0, 0.1) is 17.1 Å². The van der Waals surface area contributed by atoms with Gasteiger partial charge < -0.3 is 10.2 Å². The summed E-state index contributed by atoms with van der Waals surface area (Å²) in [4.78, 5) is 13.1. The van der Waals surface area contributed by atoms with Crippen molar-refractivity contribution in [2.75, 3.05) is 26.0 Å². The molecule has 84 valence electrons. The van der Waals surface area contributed by atoms with Gasteiger partial charge in [-0.15, -0.1) is 0 Å². The topological polar surface area (TPSA) is 56.1 Å². The van der Waals surface area contributed by atoms with E-state index in [9.17, 15) is 9.18 Å². The summed E-state index contributed by atoms with van der Waals surface area (Å²) in [6, 6.07) is 5.49. The molecule has 0 spiro atoms. The number of hydrogen-bond acceptors (Lipinski definition) is 3. The highest BCUT2D eigenvalue weighted by molar-refractivity contribution is 5.93. The van der Waals surface area contributed by atoms with E-state index < -0.39 is 5.82 Å². The molecule has 1 aromatic rings. The van der Waals surface area contributed by atoms with Crippen molar-refractivity contribution < 1.29 is 9.18 Å². The Balaban J connectivity index is 2.82. The lowest BCUT2D eigenvalue weighted by atomic mass is 10.2. The third-order valence-corrected chi connectivity index (χ3v) is 1.84. The average Bonchev–Trinajstić information content (AvgIpc) is 2.19. The van der Waals surface area contributed by atoms with Crippen molar-refractivity contribution in [2.45, 2.75) is 0 Å². The number of anilines is 1. The summed E-state index contributed by atoms with van der Waals surface area (Å²) in [5.74, 6) is -0.740. The average molecular weight is 221 g/mol. The fourth-order valence-electron chi connectivity index (χ4n) is 1.19. The van der Waals surface area contributed by atoms with Crippen LogP contribution in [0.2, 0.25) is 0 Å². The minimum Gasteiger partial charge on any atom is -0.324 e. The van der Waals surface area contributed by atoms with E-state index in [4.69, 9.17) is 5.26 Å². The molecule has 0 aliphatic rings. The predicted molar refractivity (Wildman–Crippen MR) is 58.3 cm³/mol. The van der Waals surface area contributed by atoms with E-state index in [-0.39, 0.29) is 18.0 Å². The number of amides is 1. The van der Waals surface area contributed by atoms with Crippen LogP contribution in [-0.4, -0.2) is 31.4 Å². The van der Waals surface area contributed by atoms with Crippen molar-refractivity contribution in [3.05, 3.63) is 29.6 Å². The second-order valence-electron chi connectivity index (χ2n) is 3.59. The molecule has 0 aromatic heterocycles. The van der Waals surface area contributed by atoms with Crippen LogP contribution in [0.1, 0.15) is 5.56 Å². The summed E-state index contributed by atoms with van der Waals surface area (Å²) in [6.07, 6.45) is 0. The van der Waals surface area contributed by atoms with Gasteiger partial charge in [-0.3, -0.25) is 4.79 Å². The second kappa shape index (κ2) is 5.24. The van der Waals surface area contributed by atoms with Gasteiger partial charge in [-0.25, -0.2) is 4.39 Å². The first-order valence-corrected chi connectivity index (χ1v) is 4.67. The molecule has 1 amide bonds. The molecule has 0 bridgehead atoms. The van der Waals surface area contributed by atoms with Crippen LogP contribution in [0.4, 0.5) is 10.1 Å². The number of nitriles is 1. The molecule has 0 aliphatic heterocycles. The number of carbonyl (C=O) groups excluding carboxylic acids is 1. The molecule has 0 heterocycles. The number of benzene rings is 1. The first-order valence-electron chi connectivity index (χ1n) is 4.67. The molecule has 0 unspecified atom stereocenters. The maximum atomic E-state index is 12.8. The molecule has 0 radical (unpaired) electrons. The lowest BCUT2D eigenvalue weighted by Crippen LogP contribution is -2.27. The number of likely N-dealkylation sites (N-methyl/N-ethyl adjacent to an activating group) is 1. The van der Waals surface area contributed by atoms with Gasteiger partial charge in [0.2, 0.25) is 5.91 Å². The Hall–Kier alpha value is -1.93. The predicted octanol–water partition coefficient (Wildman–Crippen LogP) is 1.20. The van der Waals surface area contributed by atoms with E-state index in [1.54, 1.807) is 19.0 Å². The number of rotatable bonds is 3. The molecular formula is C11H12FN3O. The molecule has 1 aromatic carbocycles. The zero-order chi connectivity index (χ0) is 12.1. The third kappa shape index (κ3) is 3.33. The van der Waals surface area contributed by atoms with E-state index in [1.807, 2.05) is 6.07 Å². The van der Waals surface area contributed by atoms with Gasteiger partial charge in [0.1, 0.15) is 11.9 Å². The minimum atomic E-state index is -0.498. The molecule has 0 aliphatic carbocycles. The number of carbonyl (C=O) groups is 1. The normalized spacial score (nSPS) is 9.94. The lowest BCUT2D eigenvalue weighted by molar-refractivity contribution is -0.116. The molecule has 4 nitrogen and oxygen atoms in total. The summed E-state index contributed by atoms with van der Waals surface area (Å²) in [7, 11) is 3.52. The zero-order valence-corrected chi connectivity index (χ0v) is 9.12. The number of nitrogens with one attached hydrogen (secondary N) is 1. The number of hydrogen-bond donors (Lipinski definition) is 1. The van der Waals surface area contributed by atoms with Crippen molar-refractivity contribution >= 4 is 11.6 Å². The van der Waals surface area contributed by atoms with E-state index in [0.717, 1.165) is 6.07 Å². The van der Waals surface area contributed by atoms with Crippen LogP contribution in [0.5, 0.6) is 0 Å². The smallest absolute Gasteiger partial charge is 0.238 e. The Morgan fingerprint density at radius 3 is 2.81 bits per heavy atom. The van der Waals surface area contributed by atoms with E-state index >= 15 is 0 Å². The van der Waals surface area contributed by atoms with E-state index in [2.05, 4.69) is 5.32 Å². The Kier molecular flexibility index (Phi) is 3.97. The van der Waals surface area contributed by atoms with Crippen LogP contribution in [0.25, 0.3) is 0 Å². The summed E-state index contributed by atoms with van der Waals surface area (Å²) in [5.41, 5.74) is 0.447. The van der Waals surface area contributed by atoms with Gasteiger partial charge in [0.25, 0.3) is 0 Å².